The zero-order chi connectivity index (χ0) is 19.6. The fraction of sp³-hybridized carbons (Fsp3) is 0.350. The summed E-state index contributed by atoms with van der Waals surface area (Å²) in [5.41, 5.74) is 0.768. The van der Waals surface area contributed by atoms with Crippen molar-refractivity contribution in [3.8, 4) is 0 Å². The summed E-state index contributed by atoms with van der Waals surface area (Å²) in [4.78, 5) is 37.2. The molecule has 1 aliphatic rings. The van der Waals surface area contributed by atoms with Crippen molar-refractivity contribution < 1.29 is 28.6 Å². The van der Waals surface area contributed by atoms with Crippen LogP contribution in [-0.4, -0.2) is 45.3 Å². The van der Waals surface area contributed by atoms with Crippen molar-refractivity contribution in [2.24, 2.45) is 11.8 Å². The average Bonchev–Trinajstić information content (AvgIpc) is 3.12. The third-order valence-electron chi connectivity index (χ3n) is 5.00. The largest absolute Gasteiger partial charge is 0.469 e. The average molecular weight is 371 g/mol. The van der Waals surface area contributed by atoms with Crippen LogP contribution in [0, 0.1) is 11.8 Å². The smallest absolute Gasteiger partial charge is 0.323 e. The molecule has 7 heteroatoms. The summed E-state index contributed by atoms with van der Waals surface area (Å²) in [6, 6.07) is 11.9. The number of carbonyl (C=O) groups excluding carboxylic acids is 3. The molecule has 0 spiro atoms. The van der Waals surface area contributed by atoms with Crippen molar-refractivity contribution in [3.63, 3.8) is 0 Å². The molecular weight excluding hydrogens is 350 g/mol. The molecule has 3 rings (SSSR count). The third-order valence-corrected chi connectivity index (χ3v) is 5.00. The Bertz CT molecular complexity index is 880. The van der Waals surface area contributed by atoms with Gasteiger partial charge in [-0.1, -0.05) is 36.4 Å². The lowest BCUT2D eigenvalue weighted by Crippen LogP contribution is -2.42. The maximum atomic E-state index is 12.5. The number of hydrogen-bond acceptors (Lipinski definition) is 7. The maximum absolute atomic E-state index is 12.5. The second kappa shape index (κ2) is 7.75. The Kier molecular flexibility index (Phi) is 5.41. The fourth-order valence-corrected chi connectivity index (χ4v) is 3.70. The van der Waals surface area contributed by atoms with E-state index in [9.17, 15) is 14.4 Å². The molecule has 4 atom stereocenters. The van der Waals surface area contributed by atoms with Crippen molar-refractivity contribution in [2.75, 3.05) is 21.3 Å². The second-order valence-electron chi connectivity index (χ2n) is 6.35. The van der Waals surface area contributed by atoms with Gasteiger partial charge < -0.3 is 14.2 Å². The summed E-state index contributed by atoms with van der Waals surface area (Å²) in [6.07, 6.45) is 0. The van der Waals surface area contributed by atoms with Crippen LogP contribution in [-0.2, 0) is 28.6 Å². The van der Waals surface area contributed by atoms with E-state index in [2.05, 4.69) is 5.32 Å². The molecule has 0 radical (unpaired) electrons. The molecule has 0 amide bonds. The highest BCUT2D eigenvalue weighted by atomic mass is 16.5. The number of methoxy groups -OCH3 is 3. The number of fused-ring (bicyclic) bond motifs is 1. The summed E-state index contributed by atoms with van der Waals surface area (Å²) in [5.74, 6) is -3.87. The van der Waals surface area contributed by atoms with Gasteiger partial charge in [0.15, 0.2) is 0 Å². The van der Waals surface area contributed by atoms with Crippen LogP contribution in [0.2, 0.25) is 0 Å². The number of esters is 3. The number of nitrogens with one attached hydrogen (secondary N) is 1. The van der Waals surface area contributed by atoms with Crippen LogP contribution in [0.3, 0.4) is 0 Å². The van der Waals surface area contributed by atoms with Crippen molar-refractivity contribution in [1.82, 2.24) is 5.32 Å². The first-order valence-electron chi connectivity index (χ1n) is 8.50. The Balaban J connectivity index is 2.09. The van der Waals surface area contributed by atoms with Crippen LogP contribution in [0.15, 0.2) is 42.5 Å². The van der Waals surface area contributed by atoms with E-state index in [1.54, 1.807) is 0 Å². The molecule has 2 aromatic rings. The molecule has 142 valence electrons. The fourth-order valence-electron chi connectivity index (χ4n) is 3.70. The highest BCUT2D eigenvalue weighted by Gasteiger charge is 2.55. The summed E-state index contributed by atoms with van der Waals surface area (Å²) in [5, 5.41) is 5.10. The van der Waals surface area contributed by atoms with Gasteiger partial charge in [-0.15, -0.1) is 0 Å². The molecule has 1 heterocycles. The van der Waals surface area contributed by atoms with Crippen LogP contribution < -0.4 is 5.32 Å². The Labute approximate surface area is 156 Å². The first-order valence-corrected chi connectivity index (χ1v) is 8.50. The monoisotopic (exact) mass is 371 g/mol. The summed E-state index contributed by atoms with van der Waals surface area (Å²) in [6.45, 7) is 0. The minimum absolute atomic E-state index is 0.595. The van der Waals surface area contributed by atoms with Gasteiger partial charge in [0, 0.05) is 6.04 Å². The number of carbonyl (C=O) groups is 3. The van der Waals surface area contributed by atoms with E-state index in [4.69, 9.17) is 14.2 Å². The van der Waals surface area contributed by atoms with Crippen LogP contribution >= 0.6 is 0 Å². The van der Waals surface area contributed by atoms with E-state index >= 15 is 0 Å². The molecule has 0 saturated carbocycles. The number of hydrogen-bond donors (Lipinski definition) is 1. The lowest BCUT2D eigenvalue weighted by atomic mass is 9.84. The van der Waals surface area contributed by atoms with E-state index in [-0.39, 0.29) is 0 Å². The second-order valence-corrected chi connectivity index (χ2v) is 6.35. The molecule has 0 unspecified atom stereocenters. The van der Waals surface area contributed by atoms with Crippen LogP contribution in [0.25, 0.3) is 10.8 Å². The lowest BCUT2D eigenvalue weighted by Gasteiger charge is -2.21. The summed E-state index contributed by atoms with van der Waals surface area (Å²) in [7, 11) is 3.70. The van der Waals surface area contributed by atoms with E-state index in [0.29, 0.717) is 0 Å². The van der Waals surface area contributed by atoms with Gasteiger partial charge in [-0.05, 0) is 22.4 Å². The summed E-state index contributed by atoms with van der Waals surface area (Å²) < 4.78 is 14.6. The normalized spacial score (nSPS) is 24.4. The van der Waals surface area contributed by atoms with E-state index in [1.165, 1.54) is 21.3 Å². The molecular formula is C20H21NO6. The number of ether oxygens (including phenoxy) is 3. The Morgan fingerprint density at radius 2 is 1.37 bits per heavy atom. The zero-order valence-corrected chi connectivity index (χ0v) is 15.3. The minimum atomic E-state index is -1.05. The predicted molar refractivity (Wildman–Crippen MR) is 96.6 cm³/mol. The zero-order valence-electron chi connectivity index (χ0n) is 15.3. The standard InChI is InChI=1S/C20H21NO6/c1-25-18(22)14-15(19(23)26-2)17(20(24)27-3)21-16(14)13-9-8-11-6-4-5-7-12(11)10-13/h4-10,14-17,21H,1-3H3/t14-,15-,16-,17-/m0/s1. The number of rotatable bonds is 4. The molecule has 27 heavy (non-hydrogen) atoms. The van der Waals surface area contributed by atoms with Gasteiger partial charge in [-0.3, -0.25) is 19.7 Å². The molecule has 1 aliphatic heterocycles. The van der Waals surface area contributed by atoms with Crippen molar-refractivity contribution in [2.45, 2.75) is 12.1 Å². The maximum Gasteiger partial charge on any atom is 0.323 e. The van der Waals surface area contributed by atoms with Gasteiger partial charge in [0.2, 0.25) is 0 Å². The van der Waals surface area contributed by atoms with E-state index < -0.39 is 41.8 Å². The Hall–Kier alpha value is -2.93. The van der Waals surface area contributed by atoms with Crippen LogP contribution in [0.5, 0.6) is 0 Å². The topological polar surface area (TPSA) is 90.9 Å². The molecule has 1 saturated heterocycles. The highest BCUT2D eigenvalue weighted by Crippen LogP contribution is 2.40. The van der Waals surface area contributed by atoms with Gasteiger partial charge >= 0.3 is 17.9 Å². The van der Waals surface area contributed by atoms with Gasteiger partial charge in [0.05, 0.1) is 33.2 Å². The minimum Gasteiger partial charge on any atom is -0.469 e. The molecule has 1 fully saturated rings. The predicted octanol–water partition coefficient (Wildman–Crippen LogP) is 1.60. The van der Waals surface area contributed by atoms with Gasteiger partial charge in [-0.2, -0.15) is 0 Å². The van der Waals surface area contributed by atoms with Gasteiger partial charge in [-0.25, -0.2) is 0 Å². The van der Waals surface area contributed by atoms with Crippen LogP contribution in [0.4, 0.5) is 0 Å². The molecule has 0 bridgehead atoms. The SMILES string of the molecule is COC(=O)[C@H]1[C@H](C(=O)OC)[C@H](c2ccc3ccccc3c2)N[C@@H]1C(=O)OC. The van der Waals surface area contributed by atoms with Crippen LogP contribution in [0.1, 0.15) is 11.6 Å². The molecule has 0 aromatic heterocycles. The first-order chi connectivity index (χ1) is 13.0. The first kappa shape index (κ1) is 18.8. The molecule has 7 nitrogen and oxygen atoms in total. The van der Waals surface area contributed by atoms with Gasteiger partial charge in [0.25, 0.3) is 0 Å². The van der Waals surface area contributed by atoms with Crippen molar-refractivity contribution in [1.29, 1.82) is 0 Å². The van der Waals surface area contributed by atoms with E-state index in [1.807, 2.05) is 42.5 Å². The van der Waals surface area contributed by atoms with Gasteiger partial charge in [0.1, 0.15) is 6.04 Å². The number of benzene rings is 2. The quantitative estimate of drug-likeness (QED) is 0.645. The molecule has 1 N–H and O–H groups in total. The van der Waals surface area contributed by atoms with Crippen molar-refractivity contribution >= 4 is 28.7 Å². The lowest BCUT2D eigenvalue weighted by molar-refractivity contribution is -0.159. The Morgan fingerprint density at radius 3 is 2.00 bits per heavy atom. The Morgan fingerprint density at radius 1 is 0.778 bits per heavy atom. The van der Waals surface area contributed by atoms with Crippen molar-refractivity contribution in [3.05, 3.63) is 48.0 Å². The molecule has 2 aromatic carbocycles. The third kappa shape index (κ3) is 3.38. The highest BCUT2D eigenvalue weighted by molar-refractivity contribution is 5.91. The van der Waals surface area contributed by atoms with E-state index in [0.717, 1.165) is 16.3 Å². The molecule has 0 aliphatic carbocycles. The summed E-state index contributed by atoms with van der Waals surface area (Å²) >= 11 is 0.